The van der Waals surface area contributed by atoms with Gasteiger partial charge in [0, 0.05) is 13.6 Å². The lowest BCUT2D eigenvalue weighted by Gasteiger charge is -2.18. The van der Waals surface area contributed by atoms with Crippen LogP contribution in [0.5, 0.6) is 0 Å². The number of nitrogens with zero attached hydrogens (tertiary/aromatic N) is 4. The van der Waals surface area contributed by atoms with E-state index in [1.54, 1.807) is 23.9 Å². The highest BCUT2D eigenvalue weighted by molar-refractivity contribution is 5.78. The van der Waals surface area contributed by atoms with Gasteiger partial charge in [-0.2, -0.15) is 5.10 Å². The van der Waals surface area contributed by atoms with E-state index in [0.717, 1.165) is 5.56 Å². The number of carbonyl (C=O) groups excluding carboxylic acids is 1. The largest absolute Gasteiger partial charge is 0.345 e. The third-order valence-corrected chi connectivity index (χ3v) is 3.29. The van der Waals surface area contributed by atoms with E-state index in [1.807, 2.05) is 18.9 Å². The molecule has 0 saturated heterocycles. The molecule has 1 aromatic carbocycles. The van der Waals surface area contributed by atoms with Gasteiger partial charge < -0.3 is 5.32 Å². The molecular weight excluding hydrogens is 285 g/mol. The Morgan fingerprint density at radius 2 is 2.09 bits per heavy atom. The summed E-state index contributed by atoms with van der Waals surface area (Å²) >= 11 is 0. The van der Waals surface area contributed by atoms with Crippen molar-refractivity contribution in [2.45, 2.75) is 19.5 Å². The van der Waals surface area contributed by atoms with Crippen LogP contribution in [0.3, 0.4) is 0 Å². The predicted octanol–water partition coefficient (Wildman–Crippen LogP) is 1.26. The number of amides is 1. The Kier molecular flexibility index (Phi) is 5.21. The monoisotopic (exact) mass is 305 g/mol. The van der Waals surface area contributed by atoms with Gasteiger partial charge in [-0.1, -0.05) is 12.1 Å². The zero-order valence-corrected chi connectivity index (χ0v) is 13.0. The number of likely N-dealkylation sites (N-methyl/N-ethyl adjacent to an activating group) is 1. The van der Waals surface area contributed by atoms with Gasteiger partial charge in [0.2, 0.25) is 5.91 Å². The Balaban J connectivity index is 1.83. The molecular formula is C15H20FN5O. The summed E-state index contributed by atoms with van der Waals surface area (Å²) in [6.07, 6.45) is 1.46. The van der Waals surface area contributed by atoms with Crippen LogP contribution in [0.2, 0.25) is 0 Å². The molecule has 0 aliphatic carbocycles. The van der Waals surface area contributed by atoms with E-state index in [4.69, 9.17) is 0 Å². The maximum Gasteiger partial charge on any atom is 0.234 e. The summed E-state index contributed by atoms with van der Waals surface area (Å²) in [5.74, 6) is 0.344. The average molecular weight is 305 g/mol. The lowest BCUT2D eigenvalue weighted by atomic mass is 10.2. The minimum Gasteiger partial charge on any atom is -0.345 e. The molecule has 1 amide bonds. The highest BCUT2D eigenvalue weighted by atomic mass is 19.1. The number of benzene rings is 1. The zero-order valence-electron chi connectivity index (χ0n) is 13.0. The molecule has 0 aliphatic heterocycles. The molecule has 0 spiro atoms. The van der Waals surface area contributed by atoms with Crippen LogP contribution in [0.25, 0.3) is 0 Å². The van der Waals surface area contributed by atoms with E-state index in [2.05, 4.69) is 15.4 Å². The second kappa shape index (κ2) is 7.13. The summed E-state index contributed by atoms with van der Waals surface area (Å²) in [4.78, 5) is 18.0. The van der Waals surface area contributed by atoms with Gasteiger partial charge in [0.05, 0.1) is 12.6 Å². The number of hydrogen-bond donors (Lipinski definition) is 1. The van der Waals surface area contributed by atoms with Crippen molar-refractivity contribution in [3.8, 4) is 0 Å². The molecule has 1 N–H and O–H groups in total. The van der Waals surface area contributed by atoms with Gasteiger partial charge in [-0.05, 0) is 31.7 Å². The molecule has 7 heteroatoms. The number of carbonyl (C=O) groups is 1. The van der Waals surface area contributed by atoms with E-state index in [-0.39, 0.29) is 24.3 Å². The molecule has 1 aromatic heterocycles. The summed E-state index contributed by atoms with van der Waals surface area (Å²) in [6, 6.07) is 6.05. The fourth-order valence-electron chi connectivity index (χ4n) is 2.25. The third-order valence-electron chi connectivity index (χ3n) is 3.29. The van der Waals surface area contributed by atoms with Crippen LogP contribution in [-0.4, -0.2) is 39.2 Å². The Hall–Kier alpha value is -2.28. The third kappa shape index (κ3) is 4.36. The first-order chi connectivity index (χ1) is 10.5. The van der Waals surface area contributed by atoms with Crippen molar-refractivity contribution >= 4 is 5.91 Å². The summed E-state index contributed by atoms with van der Waals surface area (Å²) in [6.45, 7) is 2.69. The molecule has 2 rings (SSSR count). The van der Waals surface area contributed by atoms with Crippen molar-refractivity contribution in [2.75, 3.05) is 13.6 Å². The topological polar surface area (TPSA) is 63.1 Å². The molecule has 1 unspecified atom stereocenters. The summed E-state index contributed by atoms with van der Waals surface area (Å²) in [5.41, 5.74) is 0.957. The van der Waals surface area contributed by atoms with Crippen LogP contribution < -0.4 is 5.32 Å². The maximum atomic E-state index is 12.9. The van der Waals surface area contributed by atoms with Crippen molar-refractivity contribution in [1.82, 2.24) is 25.0 Å². The van der Waals surface area contributed by atoms with E-state index >= 15 is 0 Å². The van der Waals surface area contributed by atoms with Gasteiger partial charge in [-0.3, -0.25) is 14.4 Å². The molecule has 6 nitrogen and oxygen atoms in total. The summed E-state index contributed by atoms with van der Waals surface area (Å²) in [5, 5.41) is 6.87. The first kappa shape index (κ1) is 16.1. The molecule has 1 heterocycles. The van der Waals surface area contributed by atoms with Crippen molar-refractivity contribution in [1.29, 1.82) is 0 Å². The molecule has 2 aromatic rings. The van der Waals surface area contributed by atoms with Gasteiger partial charge in [0.15, 0.2) is 0 Å². The molecule has 0 bridgehead atoms. The van der Waals surface area contributed by atoms with Crippen molar-refractivity contribution < 1.29 is 9.18 Å². The van der Waals surface area contributed by atoms with Gasteiger partial charge in [-0.25, -0.2) is 9.37 Å². The average Bonchev–Trinajstić information content (AvgIpc) is 2.87. The van der Waals surface area contributed by atoms with Crippen molar-refractivity contribution in [2.24, 2.45) is 7.05 Å². The van der Waals surface area contributed by atoms with Crippen molar-refractivity contribution in [3.63, 3.8) is 0 Å². The summed E-state index contributed by atoms with van der Waals surface area (Å²) in [7, 11) is 3.63. The highest BCUT2D eigenvalue weighted by Crippen LogP contribution is 2.08. The van der Waals surface area contributed by atoms with E-state index in [9.17, 15) is 9.18 Å². The minimum absolute atomic E-state index is 0.0971. The van der Waals surface area contributed by atoms with E-state index in [0.29, 0.717) is 12.4 Å². The number of hydrogen-bond acceptors (Lipinski definition) is 4. The first-order valence-corrected chi connectivity index (χ1v) is 7.02. The maximum absolute atomic E-state index is 12.9. The van der Waals surface area contributed by atoms with Crippen LogP contribution in [0.1, 0.15) is 24.4 Å². The van der Waals surface area contributed by atoms with Crippen LogP contribution >= 0.6 is 0 Å². The molecule has 0 fully saturated rings. The molecule has 118 valence electrons. The number of aromatic nitrogens is 3. The van der Waals surface area contributed by atoms with Gasteiger partial charge in [0.25, 0.3) is 0 Å². The quantitative estimate of drug-likeness (QED) is 0.873. The van der Waals surface area contributed by atoms with Crippen LogP contribution in [0.4, 0.5) is 4.39 Å². The van der Waals surface area contributed by atoms with Crippen LogP contribution in [0.15, 0.2) is 30.6 Å². The predicted molar refractivity (Wildman–Crippen MR) is 80.3 cm³/mol. The minimum atomic E-state index is -0.262. The Labute approximate surface area is 129 Å². The Morgan fingerprint density at radius 1 is 1.41 bits per heavy atom. The lowest BCUT2D eigenvalue weighted by Crippen LogP contribution is -2.37. The lowest BCUT2D eigenvalue weighted by molar-refractivity contribution is -0.122. The second-order valence-corrected chi connectivity index (χ2v) is 5.33. The molecule has 0 radical (unpaired) electrons. The number of nitrogens with one attached hydrogen (secondary N) is 1. The summed E-state index contributed by atoms with van der Waals surface area (Å²) < 4.78 is 14.5. The second-order valence-electron chi connectivity index (χ2n) is 5.33. The molecule has 1 atom stereocenters. The smallest absolute Gasteiger partial charge is 0.234 e. The number of halogens is 1. The molecule has 0 saturated carbocycles. The Morgan fingerprint density at radius 3 is 2.68 bits per heavy atom. The van der Waals surface area contributed by atoms with Gasteiger partial charge in [0.1, 0.15) is 18.0 Å². The fourth-order valence-corrected chi connectivity index (χ4v) is 2.25. The normalized spacial score (nSPS) is 12.4. The standard InChI is InChI=1S/C15H20FN5O/c1-11(15-17-10-18-21(15)3)19-14(22)9-20(2)8-12-4-6-13(16)7-5-12/h4-7,10-11H,8-9H2,1-3H3,(H,19,22). The van der Waals surface area contributed by atoms with Gasteiger partial charge >= 0.3 is 0 Å². The van der Waals surface area contributed by atoms with E-state index < -0.39 is 0 Å². The SMILES string of the molecule is CC(NC(=O)CN(C)Cc1ccc(F)cc1)c1ncnn1C. The zero-order chi connectivity index (χ0) is 16.1. The number of aryl methyl sites for hydroxylation is 1. The molecule has 22 heavy (non-hydrogen) atoms. The van der Waals surface area contributed by atoms with Gasteiger partial charge in [-0.15, -0.1) is 0 Å². The first-order valence-electron chi connectivity index (χ1n) is 7.02. The Bertz CT molecular complexity index is 625. The van der Waals surface area contributed by atoms with Crippen LogP contribution in [0, 0.1) is 5.82 Å². The van der Waals surface area contributed by atoms with Crippen molar-refractivity contribution in [3.05, 3.63) is 47.8 Å². The number of rotatable bonds is 6. The fraction of sp³-hybridized carbons (Fsp3) is 0.400. The van der Waals surface area contributed by atoms with E-state index in [1.165, 1.54) is 18.5 Å². The van der Waals surface area contributed by atoms with Crippen LogP contribution in [-0.2, 0) is 18.4 Å². The highest BCUT2D eigenvalue weighted by Gasteiger charge is 2.15. The molecule has 0 aliphatic rings.